The number of aliphatic hydroxyl groups excluding tert-OH is 1. The fourth-order valence-corrected chi connectivity index (χ4v) is 4.81. The minimum absolute atomic E-state index is 0.0170. The van der Waals surface area contributed by atoms with Gasteiger partial charge in [-0.1, -0.05) is 24.0 Å². The lowest BCUT2D eigenvalue weighted by molar-refractivity contribution is -0.0606. The zero-order valence-corrected chi connectivity index (χ0v) is 18.7. The van der Waals surface area contributed by atoms with Crippen LogP contribution in [0.5, 0.6) is 0 Å². The second kappa shape index (κ2) is 9.41. The average Bonchev–Trinajstić information content (AvgIpc) is 2.77. The summed E-state index contributed by atoms with van der Waals surface area (Å²) in [7, 11) is 0. The molecule has 0 aliphatic carbocycles. The molecule has 2 fully saturated rings. The van der Waals surface area contributed by atoms with Crippen LogP contribution in [0.1, 0.15) is 54.1 Å². The quantitative estimate of drug-likeness (QED) is 0.727. The molecule has 1 aromatic heterocycles. The first-order valence-electron chi connectivity index (χ1n) is 11.3. The highest BCUT2D eigenvalue weighted by Gasteiger charge is 2.49. The second-order valence-electron chi connectivity index (χ2n) is 9.21. The van der Waals surface area contributed by atoms with Crippen molar-refractivity contribution < 1.29 is 15.0 Å². The van der Waals surface area contributed by atoms with Gasteiger partial charge in [0.1, 0.15) is 5.60 Å². The van der Waals surface area contributed by atoms with Crippen molar-refractivity contribution in [1.29, 1.82) is 0 Å². The Morgan fingerprint density at radius 3 is 2.59 bits per heavy atom. The van der Waals surface area contributed by atoms with Gasteiger partial charge in [0.25, 0.3) is 5.91 Å². The van der Waals surface area contributed by atoms with Crippen LogP contribution in [-0.2, 0) is 0 Å². The molecular weight excluding hydrogens is 402 g/mol. The SMILES string of the molecule is CC(C)(O)C#Cc1ccc([C@@H]2[C@@H](CO)N3CCCCN(C(=O)c4cccnc4)C[C@@H]23)cc1. The van der Waals surface area contributed by atoms with Crippen LogP contribution in [-0.4, -0.2) is 74.8 Å². The number of carbonyl (C=O) groups is 1. The molecule has 3 atom stereocenters. The van der Waals surface area contributed by atoms with Gasteiger partial charge in [-0.15, -0.1) is 0 Å². The Hall–Kier alpha value is -2.72. The molecule has 6 nitrogen and oxygen atoms in total. The van der Waals surface area contributed by atoms with E-state index >= 15 is 0 Å². The first kappa shape index (κ1) is 22.5. The summed E-state index contributed by atoms with van der Waals surface area (Å²) in [6.45, 7) is 5.73. The molecule has 1 amide bonds. The van der Waals surface area contributed by atoms with Crippen molar-refractivity contribution >= 4 is 5.91 Å². The van der Waals surface area contributed by atoms with Gasteiger partial charge in [0.05, 0.1) is 12.2 Å². The molecule has 2 aliphatic rings. The van der Waals surface area contributed by atoms with Crippen molar-refractivity contribution in [2.24, 2.45) is 0 Å². The van der Waals surface area contributed by atoms with Gasteiger partial charge in [-0.05, 0) is 63.1 Å². The van der Waals surface area contributed by atoms with Gasteiger partial charge in [-0.25, -0.2) is 0 Å². The zero-order valence-electron chi connectivity index (χ0n) is 18.7. The van der Waals surface area contributed by atoms with Gasteiger partial charge >= 0.3 is 0 Å². The average molecular weight is 434 g/mol. The molecule has 2 N–H and O–H groups in total. The number of hydrogen-bond donors (Lipinski definition) is 2. The molecule has 3 heterocycles. The number of amides is 1. The Morgan fingerprint density at radius 1 is 1.19 bits per heavy atom. The molecule has 0 bridgehead atoms. The maximum absolute atomic E-state index is 13.1. The van der Waals surface area contributed by atoms with Crippen molar-refractivity contribution in [3.63, 3.8) is 0 Å². The van der Waals surface area contributed by atoms with Gasteiger partial charge in [-0.2, -0.15) is 0 Å². The topological polar surface area (TPSA) is 76.9 Å². The van der Waals surface area contributed by atoms with Crippen LogP contribution in [0.4, 0.5) is 0 Å². The first-order valence-corrected chi connectivity index (χ1v) is 11.3. The molecule has 0 radical (unpaired) electrons. The summed E-state index contributed by atoms with van der Waals surface area (Å²) in [6.07, 6.45) is 5.26. The lowest BCUT2D eigenvalue weighted by Gasteiger charge is -2.57. The van der Waals surface area contributed by atoms with E-state index in [9.17, 15) is 15.0 Å². The van der Waals surface area contributed by atoms with Crippen LogP contribution in [0.2, 0.25) is 0 Å². The van der Waals surface area contributed by atoms with Gasteiger partial charge in [-0.3, -0.25) is 14.7 Å². The Morgan fingerprint density at radius 2 is 1.94 bits per heavy atom. The largest absolute Gasteiger partial charge is 0.395 e. The summed E-state index contributed by atoms with van der Waals surface area (Å²) in [5.41, 5.74) is 1.58. The third kappa shape index (κ3) is 4.86. The van der Waals surface area contributed by atoms with E-state index in [2.05, 4.69) is 33.9 Å². The van der Waals surface area contributed by atoms with Crippen LogP contribution in [0.15, 0.2) is 48.8 Å². The Bertz CT molecular complexity index is 989. The molecule has 2 aromatic rings. The van der Waals surface area contributed by atoms with Crippen LogP contribution in [0.3, 0.4) is 0 Å². The van der Waals surface area contributed by atoms with Crippen LogP contribution < -0.4 is 0 Å². The standard InChI is InChI=1S/C26H31N3O3/c1-26(2,32)12-11-19-7-9-20(10-8-19)24-22-17-28(25(31)21-6-5-13-27-16-21)14-3-4-15-29(22)23(24)18-30/h5-10,13,16,22-24,30,32H,3-4,14-15,17-18H2,1-2H3/t22-,23+,24-/m0/s1. The Kier molecular flexibility index (Phi) is 6.61. The summed E-state index contributed by atoms with van der Waals surface area (Å²) in [5.74, 6) is 6.01. The summed E-state index contributed by atoms with van der Waals surface area (Å²) < 4.78 is 0. The lowest BCUT2D eigenvalue weighted by Crippen LogP contribution is -2.67. The molecule has 168 valence electrons. The summed E-state index contributed by atoms with van der Waals surface area (Å²) in [4.78, 5) is 21.5. The number of carbonyl (C=O) groups excluding carboxylic acids is 1. The van der Waals surface area contributed by atoms with E-state index < -0.39 is 5.60 Å². The van der Waals surface area contributed by atoms with E-state index in [-0.39, 0.29) is 30.5 Å². The van der Waals surface area contributed by atoms with Crippen LogP contribution in [0.25, 0.3) is 0 Å². The third-order valence-electron chi connectivity index (χ3n) is 6.37. The highest BCUT2D eigenvalue weighted by molar-refractivity contribution is 5.93. The fourth-order valence-electron chi connectivity index (χ4n) is 4.81. The van der Waals surface area contributed by atoms with Gasteiger partial charge in [0.15, 0.2) is 0 Å². The van der Waals surface area contributed by atoms with Crippen molar-refractivity contribution in [1.82, 2.24) is 14.8 Å². The van der Waals surface area contributed by atoms with E-state index in [0.29, 0.717) is 12.1 Å². The van der Waals surface area contributed by atoms with Crippen molar-refractivity contribution in [3.05, 3.63) is 65.5 Å². The molecule has 1 aromatic carbocycles. The van der Waals surface area contributed by atoms with Crippen molar-refractivity contribution in [2.75, 3.05) is 26.2 Å². The smallest absolute Gasteiger partial charge is 0.255 e. The van der Waals surface area contributed by atoms with Crippen molar-refractivity contribution in [2.45, 2.75) is 50.3 Å². The lowest BCUT2D eigenvalue weighted by atomic mass is 9.74. The third-order valence-corrected chi connectivity index (χ3v) is 6.37. The van der Waals surface area contributed by atoms with Gasteiger partial charge in [0.2, 0.25) is 0 Å². The number of pyridine rings is 1. The minimum atomic E-state index is -1.03. The summed E-state index contributed by atoms with van der Waals surface area (Å²) in [5, 5.41) is 19.9. The molecule has 0 spiro atoms. The predicted molar refractivity (Wildman–Crippen MR) is 123 cm³/mol. The number of aliphatic hydroxyl groups is 2. The predicted octanol–water partition coefficient (Wildman–Crippen LogP) is 2.27. The molecule has 2 aliphatic heterocycles. The van der Waals surface area contributed by atoms with Crippen LogP contribution in [0, 0.1) is 11.8 Å². The Balaban J connectivity index is 1.55. The highest BCUT2D eigenvalue weighted by Crippen LogP contribution is 2.42. The molecule has 4 rings (SSSR count). The maximum atomic E-state index is 13.1. The van der Waals surface area contributed by atoms with E-state index in [4.69, 9.17) is 0 Å². The number of aromatic nitrogens is 1. The second-order valence-corrected chi connectivity index (χ2v) is 9.21. The van der Waals surface area contributed by atoms with E-state index in [0.717, 1.165) is 37.1 Å². The monoisotopic (exact) mass is 433 g/mol. The normalized spacial score (nSPS) is 23.8. The molecule has 32 heavy (non-hydrogen) atoms. The number of hydrogen-bond acceptors (Lipinski definition) is 5. The maximum Gasteiger partial charge on any atom is 0.255 e. The number of fused-ring (bicyclic) bond motifs is 1. The fraction of sp³-hybridized carbons (Fsp3) is 0.462. The highest BCUT2D eigenvalue weighted by atomic mass is 16.3. The Labute approximate surface area is 189 Å². The van der Waals surface area contributed by atoms with E-state index in [1.807, 2.05) is 23.1 Å². The van der Waals surface area contributed by atoms with E-state index in [1.165, 1.54) is 0 Å². The van der Waals surface area contributed by atoms with Crippen LogP contribution >= 0.6 is 0 Å². The molecule has 6 heteroatoms. The molecule has 0 unspecified atom stereocenters. The molecule has 0 saturated carbocycles. The molecule has 2 saturated heterocycles. The molecular formula is C26H31N3O3. The van der Waals surface area contributed by atoms with Gasteiger partial charge < -0.3 is 15.1 Å². The summed E-state index contributed by atoms with van der Waals surface area (Å²) >= 11 is 0. The van der Waals surface area contributed by atoms with Crippen molar-refractivity contribution in [3.8, 4) is 11.8 Å². The summed E-state index contributed by atoms with van der Waals surface area (Å²) in [6, 6.07) is 11.9. The first-order chi connectivity index (χ1) is 15.4. The number of benzene rings is 1. The number of rotatable bonds is 3. The number of nitrogens with zero attached hydrogens (tertiary/aromatic N) is 3. The van der Waals surface area contributed by atoms with E-state index in [1.54, 1.807) is 32.3 Å². The zero-order chi connectivity index (χ0) is 22.7. The van der Waals surface area contributed by atoms with Gasteiger partial charge in [0, 0.05) is 49.0 Å². The minimum Gasteiger partial charge on any atom is -0.395 e.